The molecule has 2 rings (SSSR count). The first-order valence-corrected chi connectivity index (χ1v) is 6.67. The second kappa shape index (κ2) is 6.64. The highest BCUT2D eigenvalue weighted by molar-refractivity contribution is 6.34. The van der Waals surface area contributed by atoms with E-state index in [1.54, 1.807) is 19.1 Å². The van der Waals surface area contributed by atoms with Crippen molar-refractivity contribution in [3.8, 4) is 0 Å². The quantitative estimate of drug-likeness (QED) is 0.762. The van der Waals surface area contributed by atoms with E-state index in [1.165, 1.54) is 12.1 Å². The lowest BCUT2D eigenvalue weighted by Gasteiger charge is -2.17. The highest BCUT2D eigenvalue weighted by Gasteiger charge is 2.24. The summed E-state index contributed by atoms with van der Waals surface area (Å²) in [7, 11) is 0. The third-order valence-electron chi connectivity index (χ3n) is 2.87. The Labute approximate surface area is 122 Å². The number of hydrogen-bond acceptors (Lipinski definition) is 2. The maximum atomic E-state index is 13.3. The van der Waals surface area contributed by atoms with Gasteiger partial charge in [-0.2, -0.15) is 0 Å². The number of carbonyl (C=O) groups excluding carboxylic acids is 1. The molecule has 0 saturated heterocycles. The number of benzene rings is 2. The molecule has 0 radical (unpaired) electrons. The molecule has 2 nitrogen and oxygen atoms in total. The largest absolute Gasteiger partial charge is 0.366 e. The van der Waals surface area contributed by atoms with Gasteiger partial charge in [0.2, 0.25) is 0 Å². The SMILES string of the molecule is CCOC(C(=O)c1cc(F)ccc1Cl)c1ccccc1. The molecule has 20 heavy (non-hydrogen) atoms. The van der Waals surface area contributed by atoms with E-state index in [2.05, 4.69) is 0 Å². The first-order valence-electron chi connectivity index (χ1n) is 6.29. The molecule has 0 aliphatic heterocycles. The molecule has 0 aliphatic rings. The van der Waals surface area contributed by atoms with Gasteiger partial charge in [-0.05, 0) is 30.7 Å². The molecule has 0 bridgehead atoms. The molecule has 0 fully saturated rings. The fraction of sp³-hybridized carbons (Fsp3) is 0.188. The predicted molar refractivity (Wildman–Crippen MR) is 76.5 cm³/mol. The van der Waals surface area contributed by atoms with Gasteiger partial charge in [0.1, 0.15) is 11.9 Å². The third kappa shape index (κ3) is 3.24. The van der Waals surface area contributed by atoms with E-state index < -0.39 is 11.9 Å². The molecule has 0 aliphatic carbocycles. The molecule has 2 aromatic rings. The van der Waals surface area contributed by atoms with Crippen LogP contribution in [0.15, 0.2) is 48.5 Å². The molecule has 0 saturated carbocycles. The van der Waals surface area contributed by atoms with E-state index in [9.17, 15) is 9.18 Å². The van der Waals surface area contributed by atoms with E-state index in [4.69, 9.17) is 16.3 Å². The summed E-state index contributed by atoms with van der Waals surface area (Å²) >= 11 is 5.98. The number of Topliss-reactive ketones (excluding diaryl/α,β-unsaturated/α-hetero) is 1. The lowest BCUT2D eigenvalue weighted by atomic mass is 9.99. The molecule has 0 amide bonds. The van der Waals surface area contributed by atoms with Gasteiger partial charge in [-0.15, -0.1) is 0 Å². The van der Waals surface area contributed by atoms with E-state index in [1.807, 2.05) is 18.2 Å². The zero-order valence-electron chi connectivity index (χ0n) is 11.0. The molecule has 1 unspecified atom stereocenters. The monoisotopic (exact) mass is 292 g/mol. The third-order valence-corrected chi connectivity index (χ3v) is 3.20. The van der Waals surface area contributed by atoms with Gasteiger partial charge < -0.3 is 4.74 Å². The van der Waals surface area contributed by atoms with Gasteiger partial charge >= 0.3 is 0 Å². The van der Waals surface area contributed by atoms with Gasteiger partial charge in [0.05, 0.1) is 5.02 Å². The minimum Gasteiger partial charge on any atom is -0.366 e. The van der Waals surface area contributed by atoms with Crippen molar-refractivity contribution in [1.29, 1.82) is 0 Å². The highest BCUT2D eigenvalue weighted by atomic mass is 35.5. The van der Waals surface area contributed by atoms with Crippen LogP contribution in [-0.2, 0) is 4.74 Å². The van der Waals surface area contributed by atoms with E-state index >= 15 is 0 Å². The van der Waals surface area contributed by atoms with Crippen molar-refractivity contribution in [3.63, 3.8) is 0 Å². The van der Waals surface area contributed by atoms with Crippen molar-refractivity contribution >= 4 is 17.4 Å². The van der Waals surface area contributed by atoms with Gasteiger partial charge in [-0.3, -0.25) is 4.79 Å². The van der Waals surface area contributed by atoms with Crippen molar-refractivity contribution < 1.29 is 13.9 Å². The summed E-state index contributed by atoms with van der Waals surface area (Å²) in [5, 5.41) is 0.219. The molecule has 0 heterocycles. The van der Waals surface area contributed by atoms with Crippen LogP contribution in [0.4, 0.5) is 4.39 Å². The van der Waals surface area contributed by atoms with Crippen LogP contribution in [0, 0.1) is 5.82 Å². The predicted octanol–water partition coefficient (Wildman–Crippen LogP) is 4.44. The zero-order valence-corrected chi connectivity index (χ0v) is 11.7. The van der Waals surface area contributed by atoms with Crippen LogP contribution in [0.3, 0.4) is 0 Å². The average Bonchev–Trinajstić information content (AvgIpc) is 2.47. The van der Waals surface area contributed by atoms with Crippen molar-refractivity contribution in [3.05, 3.63) is 70.5 Å². The molecule has 0 aromatic heterocycles. The molecule has 0 N–H and O–H groups in total. The van der Waals surface area contributed by atoms with Crippen LogP contribution in [0.1, 0.15) is 28.9 Å². The maximum absolute atomic E-state index is 13.3. The van der Waals surface area contributed by atoms with Crippen molar-refractivity contribution in [2.24, 2.45) is 0 Å². The molecule has 1 atom stereocenters. The van der Waals surface area contributed by atoms with Crippen LogP contribution in [0.5, 0.6) is 0 Å². The Bertz CT molecular complexity index is 599. The molecular weight excluding hydrogens is 279 g/mol. The Morgan fingerprint density at radius 3 is 2.60 bits per heavy atom. The van der Waals surface area contributed by atoms with Crippen LogP contribution < -0.4 is 0 Å². The Kier molecular flexibility index (Phi) is 4.88. The lowest BCUT2D eigenvalue weighted by Crippen LogP contribution is -2.17. The van der Waals surface area contributed by atoms with Gasteiger partial charge in [-0.25, -0.2) is 4.39 Å². The van der Waals surface area contributed by atoms with Crippen LogP contribution in [0.25, 0.3) is 0 Å². The number of halogens is 2. The summed E-state index contributed by atoms with van der Waals surface area (Å²) < 4.78 is 18.8. The normalized spacial score (nSPS) is 12.2. The zero-order chi connectivity index (χ0) is 14.5. The molecule has 0 spiro atoms. The molecule has 2 aromatic carbocycles. The van der Waals surface area contributed by atoms with E-state index in [0.717, 1.165) is 11.6 Å². The standard InChI is InChI=1S/C16H14ClFO2/c1-2-20-16(11-6-4-3-5-7-11)15(19)13-10-12(18)8-9-14(13)17/h3-10,16H,2H2,1H3. The van der Waals surface area contributed by atoms with Crippen molar-refractivity contribution in [1.82, 2.24) is 0 Å². The molecular formula is C16H14ClFO2. The van der Waals surface area contributed by atoms with Crippen LogP contribution >= 0.6 is 11.6 Å². The first kappa shape index (κ1) is 14.7. The maximum Gasteiger partial charge on any atom is 0.197 e. The fourth-order valence-electron chi connectivity index (χ4n) is 1.95. The number of rotatable bonds is 5. The van der Waals surface area contributed by atoms with Gasteiger partial charge in [0.15, 0.2) is 5.78 Å². The molecule has 4 heteroatoms. The number of ether oxygens (including phenoxy) is 1. The second-order valence-electron chi connectivity index (χ2n) is 4.23. The van der Waals surface area contributed by atoms with Crippen molar-refractivity contribution in [2.75, 3.05) is 6.61 Å². The minimum absolute atomic E-state index is 0.133. The Morgan fingerprint density at radius 1 is 1.25 bits per heavy atom. The lowest BCUT2D eigenvalue weighted by molar-refractivity contribution is 0.0452. The van der Waals surface area contributed by atoms with Gasteiger partial charge in [-0.1, -0.05) is 41.9 Å². The Morgan fingerprint density at radius 2 is 1.95 bits per heavy atom. The Balaban J connectivity index is 2.39. The summed E-state index contributed by atoms with van der Waals surface area (Å²) in [6, 6.07) is 12.8. The Hall–Kier alpha value is -1.71. The summed E-state index contributed by atoms with van der Waals surface area (Å²) in [5.74, 6) is -0.844. The first-order chi connectivity index (χ1) is 9.63. The summed E-state index contributed by atoms with van der Waals surface area (Å²) in [4.78, 5) is 12.5. The topological polar surface area (TPSA) is 26.3 Å². The number of hydrogen-bond donors (Lipinski definition) is 0. The molecule has 104 valence electrons. The highest BCUT2D eigenvalue weighted by Crippen LogP contribution is 2.26. The minimum atomic E-state index is -0.777. The van der Waals surface area contributed by atoms with E-state index in [0.29, 0.717) is 6.61 Å². The summed E-state index contributed by atoms with van der Waals surface area (Å²) in [6.07, 6.45) is -0.777. The smallest absolute Gasteiger partial charge is 0.197 e. The number of ketones is 1. The second-order valence-corrected chi connectivity index (χ2v) is 4.64. The van der Waals surface area contributed by atoms with E-state index in [-0.39, 0.29) is 16.4 Å². The van der Waals surface area contributed by atoms with Crippen molar-refractivity contribution in [2.45, 2.75) is 13.0 Å². The van der Waals surface area contributed by atoms with Gasteiger partial charge in [0, 0.05) is 12.2 Å². The van der Waals surface area contributed by atoms with Crippen LogP contribution in [-0.4, -0.2) is 12.4 Å². The number of carbonyl (C=O) groups is 1. The fourth-order valence-corrected chi connectivity index (χ4v) is 2.16. The van der Waals surface area contributed by atoms with Crippen LogP contribution in [0.2, 0.25) is 5.02 Å². The average molecular weight is 293 g/mol. The van der Waals surface area contributed by atoms with Gasteiger partial charge in [0.25, 0.3) is 0 Å². The summed E-state index contributed by atoms with van der Waals surface area (Å²) in [5.41, 5.74) is 0.855. The summed E-state index contributed by atoms with van der Waals surface area (Å²) in [6.45, 7) is 2.18.